The minimum absolute atomic E-state index is 0.251. The molecular weight excluding hydrogens is 364 g/mol. The van der Waals surface area contributed by atoms with Crippen molar-refractivity contribution in [2.45, 2.75) is 12.8 Å². The molecule has 29 heavy (non-hydrogen) atoms. The van der Waals surface area contributed by atoms with Crippen LogP contribution in [0.5, 0.6) is 0 Å². The van der Waals surface area contributed by atoms with E-state index in [1.165, 1.54) is 24.9 Å². The number of aromatic nitrogens is 2. The van der Waals surface area contributed by atoms with Crippen LogP contribution in [0.2, 0.25) is 0 Å². The molecule has 2 heterocycles. The molecule has 7 heteroatoms. The molecule has 0 unspecified atom stereocenters. The van der Waals surface area contributed by atoms with Crippen molar-refractivity contribution in [2.24, 2.45) is 0 Å². The normalized spacial score (nSPS) is 13.0. The van der Waals surface area contributed by atoms with E-state index < -0.39 is 0 Å². The van der Waals surface area contributed by atoms with Gasteiger partial charge in [0.1, 0.15) is 17.8 Å². The molecule has 1 aliphatic rings. The van der Waals surface area contributed by atoms with Gasteiger partial charge in [-0.3, -0.25) is 4.79 Å². The zero-order valence-electron chi connectivity index (χ0n) is 15.8. The van der Waals surface area contributed by atoms with E-state index in [0.717, 1.165) is 18.8 Å². The van der Waals surface area contributed by atoms with Crippen LogP contribution in [0.3, 0.4) is 0 Å². The summed E-state index contributed by atoms with van der Waals surface area (Å²) < 4.78 is 0. The SMILES string of the molecule is N#Cc1ccc(NC(=O)c2cc(Nc3ccc(N4CCCC4)cc3)ncn2)cc1. The van der Waals surface area contributed by atoms with Crippen LogP contribution in [0, 0.1) is 11.3 Å². The highest BCUT2D eigenvalue weighted by Gasteiger charge is 2.12. The Morgan fingerprint density at radius 3 is 2.34 bits per heavy atom. The number of carbonyl (C=O) groups excluding carboxylic acids is 1. The quantitative estimate of drug-likeness (QED) is 0.692. The molecule has 1 saturated heterocycles. The van der Waals surface area contributed by atoms with Gasteiger partial charge in [0, 0.05) is 36.2 Å². The van der Waals surface area contributed by atoms with Gasteiger partial charge in [0.25, 0.3) is 5.91 Å². The summed E-state index contributed by atoms with van der Waals surface area (Å²) in [5, 5.41) is 14.8. The monoisotopic (exact) mass is 384 g/mol. The number of hydrogen-bond acceptors (Lipinski definition) is 6. The standard InChI is InChI=1S/C22H20N6O/c23-14-16-3-5-18(6-4-16)27-22(29)20-13-21(25-15-24-20)26-17-7-9-19(10-8-17)28-11-1-2-12-28/h3-10,13,15H,1-2,11-12H2,(H,27,29)(H,24,25,26). The Bertz CT molecular complexity index is 1030. The van der Waals surface area contributed by atoms with Crippen LogP contribution in [0.4, 0.5) is 22.9 Å². The van der Waals surface area contributed by atoms with E-state index in [1.807, 2.05) is 18.2 Å². The maximum atomic E-state index is 12.5. The van der Waals surface area contributed by atoms with Crippen LogP contribution in [0.1, 0.15) is 28.9 Å². The number of nitriles is 1. The predicted molar refractivity (Wildman–Crippen MR) is 112 cm³/mol. The fourth-order valence-electron chi connectivity index (χ4n) is 3.25. The summed E-state index contributed by atoms with van der Waals surface area (Å²) in [7, 11) is 0. The molecule has 4 rings (SSSR count). The van der Waals surface area contributed by atoms with Crippen molar-refractivity contribution < 1.29 is 4.79 Å². The second-order valence-corrected chi connectivity index (χ2v) is 6.80. The average molecular weight is 384 g/mol. The number of nitrogens with zero attached hydrogens (tertiary/aromatic N) is 4. The topological polar surface area (TPSA) is 93.9 Å². The van der Waals surface area contributed by atoms with E-state index in [2.05, 4.69) is 37.6 Å². The van der Waals surface area contributed by atoms with Crippen LogP contribution in [-0.2, 0) is 0 Å². The van der Waals surface area contributed by atoms with Crippen molar-refractivity contribution in [2.75, 3.05) is 28.6 Å². The second-order valence-electron chi connectivity index (χ2n) is 6.80. The van der Waals surface area contributed by atoms with E-state index in [9.17, 15) is 4.79 Å². The Labute approximate surface area is 169 Å². The number of rotatable bonds is 5. The summed E-state index contributed by atoms with van der Waals surface area (Å²) >= 11 is 0. The van der Waals surface area contributed by atoms with Gasteiger partial charge in [0.15, 0.2) is 0 Å². The molecule has 1 aliphatic heterocycles. The second kappa shape index (κ2) is 8.40. The first-order chi connectivity index (χ1) is 14.2. The van der Waals surface area contributed by atoms with Gasteiger partial charge >= 0.3 is 0 Å². The molecule has 0 radical (unpaired) electrons. The Morgan fingerprint density at radius 1 is 0.966 bits per heavy atom. The Morgan fingerprint density at radius 2 is 1.66 bits per heavy atom. The lowest BCUT2D eigenvalue weighted by Gasteiger charge is -2.17. The van der Waals surface area contributed by atoms with Gasteiger partial charge in [0.05, 0.1) is 11.6 Å². The molecule has 3 aromatic rings. The Hall–Kier alpha value is -3.92. The van der Waals surface area contributed by atoms with Crippen LogP contribution < -0.4 is 15.5 Å². The van der Waals surface area contributed by atoms with Crippen molar-refractivity contribution in [3.63, 3.8) is 0 Å². The fraction of sp³-hybridized carbons (Fsp3) is 0.182. The van der Waals surface area contributed by atoms with Gasteiger partial charge in [-0.1, -0.05) is 0 Å². The van der Waals surface area contributed by atoms with Gasteiger partial charge in [0.2, 0.25) is 0 Å². The van der Waals surface area contributed by atoms with Crippen LogP contribution in [0.25, 0.3) is 0 Å². The van der Waals surface area contributed by atoms with Crippen molar-refractivity contribution in [3.8, 4) is 6.07 Å². The lowest BCUT2D eigenvalue weighted by Crippen LogP contribution is -2.17. The number of carbonyl (C=O) groups is 1. The number of hydrogen-bond donors (Lipinski definition) is 2. The summed E-state index contributed by atoms with van der Waals surface area (Å²) in [5.41, 5.74) is 3.50. The summed E-state index contributed by atoms with van der Waals surface area (Å²) in [5.74, 6) is 0.198. The molecule has 1 fully saturated rings. The first-order valence-electron chi connectivity index (χ1n) is 9.47. The van der Waals surface area contributed by atoms with Gasteiger partial charge in [-0.2, -0.15) is 5.26 Å². The molecule has 7 nitrogen and oxygen atoms in total. The number of anilines is 4. The molecule has 2 aromatic carbocycles. The van der Waals surface area contributed by atoms with Crippen LogP contribution >= 0.6 is 0 Å². The molecule has 1 amide bonds. The van der Waals surface area contributed by atoms with Crippen molar-refractivity contribution in [3.05, 3.63) is 72.2 Å². The maximum Gasteiger partial charge on any atom is 0.274 e. The third-order valence-electron chi connectivity index (χ3n) is 4.78. The zero-order valence-corrected chi connectivity index (χ0v) is 15.8. The highest BCUT2D eigenvalue weighted by Crippen LogP contribution is 2.23. The molecule has 0 saturated carbocycles. The molecule has 0 spiro atoms. The number of amides is 1. The fourth-order valence-corrected chi connectivity index (χ4v) is 3.25. The van der Waals surface area contributed by atoms with E-state index in [1.54, 1.807) is 30.3 Å². The number of benzene rings is 2. The Balaban J connectivity index is 1.42. The third-order valence-corrected chi connectivity index (χ3v) is 4.78. The lowest BCUT2D eigenvalue weighted by atomic mass is 10.2. The predicted octanol–water partition coefficient (Wildman–Crippen LogP) is 3.94. The highest BCUT2D eigenvalue weighted by atomic mass is 16.1. The van der Waals surface area contributed by atoms with Crippen LogP contribution in [0.15, 0.2) is 60.9 Å². The first-order valence-corrected chi connectivity index (χ1v) is 9.47. The zero-order chi connectivity index (χ0) is 20.1. The van der Waals surface area contributed by atoms with E-state index in [0.29, 0.717) is 17.1 Å². The molecule has 0 atom stereocenters. The third kappa shape index (κ3) is 4.50. The summed E-state index contributed by atoms with van der Waals surface area (Å²) in [6.07, 6.45) is 3.84. The molecule has 0 aliphatic carbocycles. The minimum Gasteiger partial charge on any atom is -0.372 e. The van der Waals surface area contributed by atoms with Crippen molar-refractivity contribution in [1.82, 2.24) is 9.97 Å². The average Bonchev–Trinajstić information content (AvgIpc) is 3.30. The van der Waals surface area contributed by atoms with Gasteiger partial charge in [-0.25, -0.2) is 9.97 Å². The van der Waals surface area contributed by atoms with Crippen LogP contribution in [-0.4, -0.2) is 29.0 Å². The van der Waals surface area contributed by atoms with Gasteiger partial charge in [-0.15, -0.1) is 0 Å². The molecule has 2 N–H and O–H groups in total. The number of nitrogens with one attached hydrogen (secondary N) is 2. The smallest absolute Gasteiger partial charge is 0.274 e. The summed E-state index contributed by atoms with van der Waals surface area (Å²) in [6.45, 7) is 2.22. The minimum atomic E-state index is -0.343. The molecular formula is C22H20N6O. The van der Waals surface area contributed by atoms with Gasteiger partial charge in [-0.05, 0) is 61.4 Å². The Kier molecular flexibility index (Phi) is 5.34. The van der Waals surface area contributed by atoms with Gasteiger partial charge < -0.3 is 15.5 Å². The van der Waals surface area contributed by atoms with Crippen molar-refractivity contribution >= 4 is 28.8 Å². The molecule has 1 aromatic heterocycles. The molecule has 144 valence electrons. The largest absolute Gasteiger partial charge is 0.372 e. The summed E-state index contributed by atoms with van der Waals surface area (Å²) in [6, 6.07) is 18.5. The van der Waals surface area contributed by atoms with Crippen molar-refractivity contribution in [1.29, 1.82) is 5.26 Å². The maximum absolute atomic E-state index is 12.5. The van der Waals surface area contributed by atoms with E-state index in [4.69, 9.17) is 5.26 Å². The highest BCUT2D eigenvalue weighted by molar-refractivity contribution is 6.03. The lowest BCUT2D eigenvalue weighted by molar-refractivity contribution is 0.102. The molecule has 0 bridgehead atoms. The summed E-state index contributed by atoms with van der Waals surface area (Å²) in [4.78, 5) is 23.1. The van der Waals surface area contributed by atoms with E-state index >= 15 is 0 Å². The first kappa shape index (κ1) is 18.4. The van der Waals surface area contributed by atoms with E-state index in [-0.39, 0.29) is 11.6 Å².